The predicted molar refractivity (Wildman–Crippen MR) is 227 cm³/mol. The van der Waals surface area contributed by atoms with Crippen LogP contribution in [0.15, 0.2) is 47.4 Å². The molecule has 0 aliphatic rings. The molecule has 5 aromatic rings. The van der Waals surface area contributed by atoms with Crippen LogP contribution < -0.4 is 0 Å². The third-order valence-electron chi connectivity index (χ3n) is 9.77. The van der Waals surface area contributed by atoms with Crippen molar-refractivity contribution in [1.29, 1.82) is 0 Å². The van der Waals surface area contributed by atoms with Gasteiger partial charge in [-0.05, 0) is 109 Å². The Morgan fingerprint density at radius 2 is 0.800 bits per heavy atom. The molecule has 0 radical (unpaired) electrons. The largest absolute Gasteiger partial charge is 0.251 e. The third kappa shape index (κ3) is 11.4. The van der Waals surface area contributed by atoms with Crippen LogP contribution in [-0.2, 0) is 25.7 Å². The average molecular weight is 745 g/mol. The van der Waals surface area contributed by atoms with E-state index in [0.29, 0.717) is 0 Å². The minimum absolute atomic E-state index is 0.999. The van der Waals surface area contributed by atoms with Gasteiger partial charge in [-0.3, -0.25) is 9.97 Å². The predicted octanol–water partition coefficient (Wildman–Crippen LogP) is 15.9. The Morgan fingerprint density at radius 1 is 0.420 bits per heavy atom. The first kappa shape index (κ1) is 39.1. The van der Waals surface area contributed by atoms with E-state index in [0.717, 1.165) is 24.2 Å². The Kier molecular flexibility index (Phi) is 16.7. The molecule has 0 bridgehead atoms. The number of hydrogen-bond donors (Lipinski definition) is 0. The van der Waals surface area contributed by atoms with Crippen LogP contribution in [0.5, 0.6) is 0 Å². The van der Waals surface area contributed by atoms with Crippen LogP contribution in [0.2, 0.25) is 0 Å². The lowest BCUT2D eigenvalue weighted by Crippen LogP contribution is -1.87. The lowest BCUT2D eigenvalue weighted by molar-refractivity contribution is 0.667. The van der Waals surface area contributed by atoms with Gasteiger partial charge in [0.2, 0.25) is 0 Å². The van der Waals surface area contributed by atoms with Gasteiger partial charge in [-0.15, -0.1) is 45.3 Å². The van der Waals surface area contributed by atoms with Gasteiger partial charge in [-0.25, -0.2) is 0 Å². The normalized spacial score (nSPS) is 11.6. The van der Waals surface area contributed by atoms with Crippen molar-refractivity contribution in [3.05, 3.63) is 69.7 Å². The Balaban J connectivity index is 1.35. The molecule has 0 spiro atoms. The summed E-state index contributed by atoms with van der Waals surface area (Å²) in [5.74, 6) is 0. The summed E-state index contributed by atoms with van der Waals surface area (Å²) >= 11 is 7.68. The molecular formula is C44H60N2S4. The zero-order valence-corrected chi connectivity index (χ0v) is 34.6. The van der Waals surface area contributed by atoms with Gasteiger partial charge in [0, 0.05) is 19.5 Å². The third-order valence-corrected chi connectivity index (χ3v) is 14.5. The van der Waals surface area contributed by atoms with Gasteiger partial charge in [0.25, 0.3) is 0 Å². The van der Waals surface area contributed by atoms with Crippen LogP contribution >= 0.6 is 45.3 Å². The van der Waals surface area contributed by atoms with Crippen LogP contribution in [0.4, 0.5) is 0 Å². The lowest BCUT2D eigenvalue weighted by Gasteiger charge is -2.02. The molecule has 6 heteroatoms. The SMILES string of the molecule is CCCCCCc1csc(-c2sc(-c3cnc(-c4cc(CCCCCC)c(-c5cc(CCCCCC)cs5)s4)cn3)cc2CCCCCC)c1. The number of aromatic nitrogens is 2. The maximum absolute atomic E-state index is 5.06. The van der Waals surface area contributed by atoms with Gasteiger partial charge in [-0.2, -0.15) is 0 Å². The topological polar surface area (TPSA) is 25.8 Å². The van der Waals surface area contributed by atoms with E-state index in [4.69, 9.17) is 9.97 Å². The molecule has 50 heavy (non-hydrogen) atoms. The van der Waals surface area contributed by atoms with Gasteiger partial charge in [0.1, 0.15) is 0 Å². The van der Waals surface area contributed by atoms with Gasteiger partial charge < -0.3 is 0 Å². The zero-order chi connectivity index (χ0) is 35.0. The first-order valence-electron chi connectivity index (χ1n) is 19.9. The van der Waals surface area contributed by atoms with E-state index >= 15 is 0 Å². The molecule has 0 atom stereocenters. The highest BCUT2D eigenvalue weighted by Gasteiger charge is 2.18. The number of unbranched alkanes of at least 4 members (excludes halogenated alkanes) is 12. The Morgan fingerprint density at radius 3 is 1.16 bits per heavy atom. The molecule has 5 rings (SSSR count). The summed E-state index contributed by atoms with van der Waals surface area (Å²) in [6, 6.07) is 9.77. The van der Waals surface area contributed by atoms with Gasteiger partial charge in [0.15, 0.2) is 0 Å². The van der Waals surface area contributed by atoms with Crippen LogP contribution in [0.1, 0.15) is 153 Å². The van der Waals surface area contributed by atoms with Crippen LogP contribution in [0.3, 0.4) is 0 Å². The summed E-state index contributed by atoms with van der Waals surface area (Å²) in [5.41, 5.74) is 7.98. The molecular weight excluding hydrogens is 685 g/mol. The summed E-state index contributed by atoms with van der Waals surface area (Å²) in [6.07, 6.45) is 29.6. The average Bonchev–Trinajstić information content (AvgIpc) is 3.96. The zero-order valence-electron chi connectivity index (χ0n) is 31.3. The molecule has 0 aliphatic carbocycles. The van der Waals surface area contributed by atoms with Crippen molar-refractivity contribution < 1.29 is 0 Å². The molecule has 0 fully saturated rings. The van der Waals surface area contributed by atoms with E-state index < -0.39 is 0 Å². The van der Waals surface area contributed by atoms with E-state index in [1.807, 2.05) is 57.7 Å². The summed E-state index contributed by atoms with van der Waals surface area (Å²) < 4.78 is 0. The number of rotatable bonds is 24. The number of aryl methyl sites for hydroxylation is 4. The highest BCUT2D eigenvalue weighted by atomic mass is 32.1. The molecule has 5 aromatic heterocycles. The van der Waals surface area contributed by atoms with E-state index in [1.165, 1.54) is 167 Å². The maximum Gasteiger partial charge on any atom is 0.0985 e. The summed E-state index contributed by atoms with van der Waals surface area (Å²) in [4.78, 5) is 18.4. The Labute approximate surface area is 319 Å². The second-order valence-electron chi connectivity index (χ2n) is 14.1. The molecule has 0 N–H and O–H groups in total. The van der Waals surface area contributed by atoms with E-state index in [1.54, 1.807) is 0 Å². The van der Waals surface area contributed by atoms with Crippen molar-refractivity contribution in [2.45, 2.75) is 156 Å². The smallest absolute Gasteiger partial charge is 0.0985 e. The Bertz CT molecular complexity index is 1540. The molecule has 0 saturated carbocycles. The molecule has 0 aliphatic heterocycles. The summed E-state index contributed by atoms with van der Waals surface area (Å²) in [7, 11) is 0. The molecule has 2 nitrogen and oxygen atoms in total. The van der Waals surface area contributed by atoms with Crippen molar-refractivity contribution in [2.75, 3.05) is 0 Å². The fourth-order valence-electron chi connectivity index (χ4n) is 6.73. The molecule has 270 valence electrons. The van der Waals surface area contributed by atoms with Gasteiger partial charge >= 0.3 is 0 Å². The van der Waals surface area contributed by atoms with E-state index in [2.05, 4.69) is 62.7 Å². The fraction of sp³-hybridized carbons (Fsp3) is 0.545. The first-order valence-corrected chi connectivity index (χ1v) is 23.3. The lowest BCUT2D eigenvalue weighted by atomic mass is 10.0. The van der Waals surface area contributed by atoms with Crippen molar-refractivity contribution >= 4 is 45.3 Å². The molecule has 0 aromatic carbocycles. The highest BCUT2D eigenvalue weighted by Crippen LogP contribution is 2.43. The second kappa shape index (κ2) is 21.4. The first-order chi connectivity index (χ1) is 24.6. The molecule has 0 saturated heterocycles. The second-order valence-corrected chi connectivity index (χ2v) is 18.0. The van der Waals surface area contributed by atoms with Crippen LogP contribution in [-0.4, -0.2) is 9.97 Å². The van der Waals surface area contributed by atoms with Crippen molar-refractivity contribution in [1.82, 2.24) is 9.97 Å². The molecule has 0 unspecified atom stereocenters. The van der Waals surface area contributed by atoms with E-state index in [-0.39, 0.29) is 0 Å². The van der Waals surface area contributed by atoms with Crippen molar-refractivity contribution in [3.63, 3.8) is 0 Å². The van der Waals surface area contributed by atoms with E-state index in [9.17, 15) is 0 Å². The Hall–Kier alpha value is -2.12. The fourth-order valence-corrected chi connectivity index (χ4v) is 11.3. The number of nitrogens with zero attached hydrogens (tertiary/aromatic N) is 2. The summed E-state index contributed by atoms with van der Waals surface area (Å²) in [6.45, 7) is 9.17. The highest BCUT2D eigenvalue weighted by molar-refractivity contribution is 7.24. The number of thiophene rings is 4. The van der Waals surface area contributed by atoms with Gasteiger partial charge in [0.05, 0.1) is 33.5 Å². The van der Waals surface area contributed by atoms with Gasteiger partial charge in [-0.1, -0.05) is 105 Å². The minimum atomic E-state index is 0.999. The standard InChI is InChI=1S/C44H60N2S4/c1-5-9-13-17-21-33-25-41(47-31-33)43-35(23-19-15-11-7-3)27-39(49-43)37-29-46-38(30-45-37)40-28-36(24-20-16-12-8-4)44(50-40)42-26-34(32-48-42)22-18-14-10-6-2/h25-32H,5-24H2,1-4H3. The number of hydrogen-bond acceptors (Lipinski definition) is 6. The van der Waals surface area contributed by atoms with Crippen LogP contribution in [0, 0.1) is 0 Å². The quantitative estimate of drug-likeness (QED) is 0.0588. The minimum Gasteiger partial charge on any atom is -0.251 e. The van der Waals surface area contributed by atoms with Crippen molar-refractivity contribution in [2.24, 2.45) is 0 Å². The maximum atomic E-state index is 5.06. The molecule has 5 heterocycles. The summed E-state index contributed by atoms with van der Waals surface area (Å²) in [5, 5.41) is 4.79. The molecule has 0 amide bonds. The monoisotopic (exact) mass is 744 g/mol. The van der Waals surface area contributed by atoms with Crippen LogP contribution in [0.25, 0.3) is 40.7 Å². The van der Waals surface area contributed by atoms with Crippen molar-refractivity contribution in [3.8, 4) is 40.7 Å².